The number of hydrogen-bond donors (Lipinski definition) is 3. The molecule has 0 aliphatic rings. The number of hydrogen-bond acceptors (Lipinski definition) is 5. The molecule has 0 fully saturated rings. The molecule has 1 atom stereocenters. The first-order valence-electron chi connectivity index (χ1n) is 3.70. The molecule has 6 nitrogen and oxygen atoms in total. The number of carboxylic acids is 1. The Morgan fingerprint density at radius 1 is 1.71 bits per heavy atom. The molecule has 1 unspecified atom stereocenters. The lowest BCUT2D eigenvalue weighted by Gasteiger charge is -2.06. The Labute approximate surface area is 79.8 Å². The summed E-state index contributed by atoms with van der Waals surface area (Å²) in [5, 5.41) is 17.2. The van der Waals surface area contributed by atoms with Gasteiger partial charge in [0.25, 0.3) is 0 Å². The van der Waals surface area contributed by atoms with Crippen molar-refractivity contribution in [2.24, 2.45) is 5.73 Å². The molecule has 0 radical (unpaired) electrons. The summed E-state index contributed by atoms with van der Waals surface area (Å²) in [4.78, 5) is 14.2. The number of pyridine rings is 1. The monoisotopic (exact) mass is 192 g/mol. The van der Waals surface area contributed by atoms with Crippen molar-refractivity contribution in [3.8, 4) is 6.07 Å². The summed E-state index contributed by atoms with van der Waals surface area (Å²) >= 11 is 0. The minimum Gasteiger partial charge on any atom is -0.480 e. The highest BCUT2D eigenvalue weighted by molar-refractivity contribution is 5.75. The van der Waals surface area contributed by atoms with Crippen molar-refractivity contribution >= 4 is 11.8 Å². The third-order valence-corrected chi connectivity index (χ3v) is 1.69. The van der Waals surface area contributed by atoms with E-state index >= 15 is 0 Å². The fourth-order valence-electron chi connectivity index (χ4n) is 0.894. The summed E-state index contributed by atoms with van der Waals surface area (Å²) < 4.78 is 0. The summed E-state index contributed by atoms with van der Waals surface area (Å²) in [6, 6.07) is 1.93. The summed E-state index contributed by atoms with van der Waals surface area (Å²) in [5.41, 5.74) is 11.1. The van der Waals surface area contributed by atoms with E-state index in [4.69, 9.17) is 21.8 Å². The van der Waals surface area contributed by atoms with Crippen LogP contribution >= 0.6 is 0 Å². The Kier molecular flexibility index (Phi) is 2.65. The van der Waals surface area contributed by atoms with Crippen LogP contribution in [0.25, 0.3) is 0 Å². The zero-order valence-corrected chi connectivity index (χ0v) is 7.14. The van der Waals surface area contributed by atoms with Crippen LogP contribution in [-0.2, 0) is 4.79 Å². The number of nitrogen functional groups attached to an aromatic ring is 1. The van der Waals surface area contributed by atoms with Crippen molar-refractivity contribution in [3.05, 3.63) is 23.4 Å². The normalized spacial score (nSPS) is 11.7. The Morgan fingerprint density at radius 2 is 2.36 bits per heavy atom. The maximum absolute atomic E-state index is 10.5. The minimum atomic E-state index is -1.18. The number of nitrogens with zero attached hydrogens (tertiary/aromatic N) is 2. The van der Waals surface area contributed by atoms with Crippen molar-refractivity contribution in [2.45, 2.75) is 6.04 Å². The van der Waals surface area contributed by atoms with Gasteiger partial charge in [0.1, 0.15) is 17.9 Å². The molecule has 0 saturated carbocycles. The Hall–Kier alpha value is -2.13. The van der Waals surface area contributed by atoms with E-state index < -0.39 is 12.0 Å². The maximum Gasteiger partial charge on any atom is 0.325 e. The fraction of sp³-hybridized carbons (Fsp3) is 0.125. The molecule has 72 valence electrons. The molecular formula is C8H8N4O2. The van der Waals surface area contributed by atoms with Gasteiger partial charge in [0.2, 0.25) is 0 Å². The Morgan fingerprint density at radius 3 is 2.86 bits per heavy atom. The molecule has 0 aliphatic carbocycles. The number of aromatic nitrogens is 1. The molecule has 1 rings (SSSR count). The molecular weight excluding hydrogens is 184 g/mol. The van der Waals surface area contributed by atoms with Gasteiger partial charge in [-0.2, -0.15) is 5.26 Å². The highest BCUT2D eigenvalue weighted by atomic mass is 16.4. The van der Waals surface area contributed by atoms with E-state index in [0.717, 1.165) is 0 Å². The highest BCUT2D eigenvalue weighted by Crippen LogP contribution is 2.14. The van der Waals surface area contributed by atoms with Gasteiger partial charge in [0, 0.05) is 6.20 Å². The molecule has 0 amide bonds. The number of nitriles is 1. The molecule has 0 bridgehead atoms. The van der Waals surface area contributed by atoms with Gasteiger partial charge >= 0.3 is 5.97 Å². The number of aliphatic carboxylic acids is 1. The van der Waals surface area contributed by atoms with Crippen molar-refractivity contribution < 1.29 is 9.90 Å². The predicted octanol–water partition coefficient (Wildman–Crippen LogP) is -0.380. The van der Waals surface area contributed by atoms with Crippen LogP contribution < -0.4 is 11.5 Å². The fourth-order valence-corrected chi connectivity index (χ4v) is 0.894. The number of rotatable bonds is 2. The first-order valence-corrected chi connectivity index (χ1v) is 3.70. The second-order valence-electron chi connectivity index (χ2n) is 2.63. The average Bonchev–Trinajstić information content (AvgIpc) is 2.17. The summed E-state index contributed by atoms with van der Waals surface area (Å²) in [7, 11) is 0. The van der Waals surface area contributed by atoms with Crippen LogP contribution in [0, 0.1) is 11.3 Å². The van der Waals surface area contributed by atoms with Gasteiger partial charge in [0.05, 0.1) is 5.56 Å². The van der Waals surface area contributed by atoms with E-state index in [9.17, 15) is 4.79 Å². The molecule has 0 spiro atoms. The average molecular weight is 192 g/mol. The standard InChI is InChI=1S/C8H8N4O2/c9-2-4-1-5(3-12-7(4)11)6(10)8(13)14/h1,3,6H,10H2,(H2,11,12)(H,13,14). The number of carboxylic acid groups (broad SMARTS) is 1. The van der Waals surface area contributed by atoms with Crippen LogP contribution in [0.1, 0.15) is 17.2 Å². The van der Waals surface area contributed by atoms with Gasteiger partial charge in [-0.3, -0.25) is 4.79 Å². The van der Waals surface area contributed by atoms with Gasteiger partial charge in [-0.25, -0.2) is 4.98 Å². The Bertz CT molecular complexity index is 410. The van der Waals surface area contributed by atoms with E-state index in [1.807, 2.05) is 0 Å². The molecule has 1 aromatic heterocycles. The summed E-state index contributed by atoms with van der Waals surface area (Å²) in [6.45, 7) is 0. The smallest absolute Gasteiger partial charge is 0.325 e. The molecule has 0 aromatic carbocycles. The van der Waals surface area contributed by atoms with E-state index in [1.54, 1.807) is 6.07 Å². The third-order valence-electron chi connectivity index (χ3n) is 1.69. The minimum absolute atomic E-state index is 0.0637. The van der Waals surface area contributed by atoms with E-state index in [2.05, 4.69) is 4.98 Å². The van der Waals surface area contributed by atoms with Gasteiger partial charge in [-0.15, -0.1) is 0 Å². The van der Waals surface area contributed by atoms with Gasteiger partial charge in [0.15, 0.2) is 0 Å². The van der Waals surface area contributed by atoms with E-state index in [-0.39, 0.29) is 16.9 Å². The van der Waals surface area contributed by atoms with Crippen LogP contribution in [0.3, 0.4) is 0 Å². The van der Waals surface area contributed by atoms with Crippen molar-refractivity contribution in [3.63, 3.8) is 0 Å². The zero-order valence-electron chi connectivity index (χ0n) is 7.14. The lowest BCUT2D eigenvalue weighted by molar-refractivity contribution is -0.138. The van der Waals surface area contributed by atoms with Crippen LogP contribution in [0.2, 0.25) is 0 Å². The van der Waals surface area contributed by atoms with Crippen molar-refractivity contribution in [1.82, 2.24) is 4.98 Å². The molecule has 5 N–H and O–H groups in total. The molecule has 6 heteroatoms. The lowest BCUT2D eigenvalue weighted by atomic mass is 10.1. The Balaban J connectivity index is 3.14. The zero-order chi connectivity index (χ0) is 10.7. The first kappa shape index (κ1) is 9.95. The topological polar surface area (TPSA) is 126 Å². The lowest BCUT2D eigenvalue weighted by Crippen LogP contribution is -2.21. The van der Waals surface area contributed by atoms with Gasteiger partial charge in [-0.05, 0) is 11.6 Å². The molecule has 0 saturated heterocycles. The quantitative estimate of drug-likeness (QED) is 0.586. The number of nitrogens with two attached hydrogens (primary N) is 2. The van der Waals surface area contributed by atoms with Crippen LogP contribution in [-0.4, -0.2) is 16.1 Å². The third kappa shape index (κ3) is 1.78. The number of anilines is 1. The second-order valence-corrected chi connectivity index (χ2v) is 2.63. The van der Waals surface area contributed by atoms with Crippen molar-refractivity contribution in [1.29, 1.82) is 5.26 Å². The van der Waals surface area contributed by atoms with Gasteiger partial charge in [-0.1, -0.05) is 0 Å². The number of carbonyl (C=O) groups is 1. The molecule has 1 aromatic rings. The van der Waals surface area contributed by atoms with Crippen LogP contribution in [0.5, 0.6) is 0 Å². The maximum atomic E-state index is 10.5. The predicted molar refractivity (Wildman–Crippen MR) is 47.9 cm³/mol. The summed E-state index contributed by atoms with van der Waals surface area (Å²) in [6.07, 6.45) is 1.24. The molecule has 0 aliphatic heterocycles. The molecule has 1 heterocycles. The SMILES string of the molecule is N#Cc1cc(C(N)C(=O)O)cnc1N. The van der Waals surface area contributed by atoms with Crippen molar-refractivity contribution in [2.75, 3.05) is 5.73 Å². The van der Waals surface area contributed by atoms with Gasteiger partial charge < -0.3 is 16.6 Å². The van der Waals surface area contributed by atoms with E-state index in [0.29, 0.717) is 0 Å². The first-order chi connectivity index (χ1) is 6.56. The van der Waals surface area contributed by atoms with Crippen LogP contribution in [0.15, 0.2) is 12.3 Å². The van der Waals surface area contributed by atoms with E-state index in [1.165, 1.54) is 12.3 Å². The van der Waals surface area contributed by atoms with Crippen LogP contribution in [0.4, 0.5) is 5.82 Å². The summed E-state index contributed by atoms with van der Waals surface area (Å²) in [5.74, 6) is -1.12. The molecule has 14 heavy (non-hydrogen) atoms. The largest absolute Gasteiger partial charge is 0.480 e. The highest BCUT2D eigenvalue weighted by Gasteiger charge is 2.15. The second kappa shape index (κ2) is 3.72.